The quantitative estimate of drug-likeness (QED) is 0.899. The molecule has 1 aromatic heterocycles. The Morgan fingerprint density at radius 2 is 2.10 bits per heavy atom. The van der Waals surface area contributed by atoms with Gasteiger partial charge >= 0.3 is 0 Å². The van der Waals surface area contributed by atoms with Crippen LogP contribution in [0.1, 0.15) is 15.9 Å². The molecule has 1 amide bonds. The third-order valence-electron chi connectivity index (χ3n) is 2.79. The molecule has 0 aliphatic heterocycles. The number of carbonyl (C=O) groups excluding carboxylic acids is 1. The van der Waals surface area contributed by atoms with E-state index in [0.29, 0.717) is 27.1 Å². The van der Waals surface area contributed by atoms with E-state index in [4.69, 9.17) is 0 Å². The number of nitrogens with one attached hydrogen (secondary N) is 2. The first-order valence-electron chi connectivity index (χ1n) is 5.92. The molecule has 0 bridgehead atoms. The molecule has 1 heterocycles. The minimum Gasteiger partial charge on any atom is -0.373 e. The number of carbonyl (C=O) groups is 1. The van der Waals surface area contributed by atoms with Crippen molar-refractivity contribution in [3.8, 4) is 0 Å². The molecule has 0 aliphatic rings. The molecule has 0 aliphatic carbocycles. The lowest BCUT2D eigenvalue weighted by Gasteiger charge is -2.10. The predicted molar refractivity (Wildman–Crippen MR) is 80.6 cm³/mol. The number of benzene rings is 1. The summed E-state index contributed by atoms with van der Waals surface area (Å²) < 4.78 is 13.7. The number of hydrogen-bond acceptors (Lipinski definition) is 3. The van der Waals surface area contributed by atoms with Gasteiger partial charge in [0, 0.05) is 24.5 Å². The lowest BCUT2D eigenvalue weighted by molar-refractivity contribution is 0.102. The third-order valence-corrected chi connectivity index (χ3v) is 3.40. The zero-order valence-electron chi connectivity index (χ0n) is 11.0. The molecule has 0 spiro atoms. The Morgan fingerprint density at radius 1 is 1.35 bits per heavy atom. The Morgan fingerprint density at radius 3 is 2.80 bits per heavy atom. The van der Waals surface area contributed by atoms with Crippen molar-refractivity contribution in [2.45, 2.75) is 6.92 Å². The van der Waals surface area contributed by atoms with Crippen molar-refractivity contribution in [2.75, 3.05) is 17.7 Å². The van der Waals surface area contributed by atoms with Crippen LogP contribution in [-0.2, 0) is 0 Å². The highest BCUT2D eigenvalue weighted by atomic mass is 79.9. The molecule has 0 unspecified atom stereocenters. The largest absolute Gasteiger partial charge is 0.373 e. The van der Waals surface area contributed by atoms with Gasteiger partial charge in [-0.05, 0) is 52.7 Å². The minimum atomic E-state index is -0.359. The van der Waals surface area contributed by atoms with Gasteiger partial charge < -0.3 is 10.6 Å². The van der Waals surface area contributed by atoms with E-state index < -0.39 is 0 Å². The summed E-state index contributed by atoms with van der Waals surface area (Å²) in [7, 11) is 1.73. The lowest BCUT2D eigenvalue weighted by atomic mass is 10.1. The van der Waals surface area contributed by atoms with Crippen LogP contribution < -0.4 is 10.6 Å². The first kappa shape index (κ1) is 14.5. The number of aryl methyl sites for hydroxylation is 1. The van der Waals surface area contributed by atoms with E-state index in [2.05, 4.69) is 31.5 Å². The molecule has 0 radical (unpaired) electrons. The Balaban J connectivity index is 2.25. The number of pyridine rings is 1. The second-order valence-electron chi connectivity index (χ2n) is 4.22. The molecule has 0 atom stereocenters. The molecule has 1 aromatic carbocycles. The standard InChI is InChI=1S/C14H13BrFN3O/c1-8-5-11(16)10(15)7-12(8)19-14(20)9-3-4-18-13(6-9)17-2/h3-7H,1-2H3,(H,17,18)(H,19,20). The van der Waals surface area contributed by atoms with E-state index in [9.17, 15) is 9.18 Å². The van der Waals surface area contributed by atoms with Crippen LogP contribution in [0.5, 0.6) is 0 Å². The molecule has 6 heteroatoms. The van der Waals surface area contributed by atoms with Gasteiger partial charge in [0.1, 0.15) is 11.6 Å². The number of halogens is 2. The van der Waals surface area contributed by atoms with Crippen molar-refractivity contribution in [3.63, 3.8) is 0 Å². The molecule has 2 N–H and O–H groups in total. The first-order valence-corrected chi connectivity index (χ1v) is 6.71. The molecule has 0 saturated heterocycles. The smallest absolute Gasteiger partial charge is 0.255 e. The van der Waals surface area contributed by atoms with E-state index in [1.165, 1.54) is 6.07 Å². The summed E-state index contributed by atoms with van der Waals surface area (Å²) in [5, 5.41) is 5.62. The van der Waals surface area contributed by atoms with Gasteiger partial charge in [-0.2, -0.15) is 0 Å². The number of rotatable bonds is 3. The number of amides is 1. The van der Waals surface area contributed by atoms with Gasteiger partial charge in [-0.1, -0.05) is 0 Å². The SMILES string of the molecule is CNc1cc(C(=O)Nc2cc(Br)c(F)cc2C)ccn1. The Labute approximate surface area is 124 Å². The predicted octanol–water partition coefficient (Wildman–Crippen LogP) is 3.59. The molecule has 104 valence electrons. The zero-order valence-corrected chi connectivity index (χ0v) is 12.6. The van der Waals surface area contributed by atoms with Crippen LogP contribution in [0.25, 0.3) is 0 Å². The number of hydrogen-bond donors (Lipinski definition) is 2. The summed E-state index contributed by atoms with van der Waals surface area (Å²) in [6.07, 6.45) is 1.55. The van der Waals surface area contributed by atoms with Crippen molar-refractivity contribution >= 4 is 33.3 Å². The fraction of sp³-hybridized carbons (Fsp3) is 0.143. The van der Waals surface area contributed by atoms with Gasteiger partial charge in [0.25, 0.3) is 5.91 Å². The van der Waals surface area contributed by atoms with Gasteiger partial charge in [-0.15, -0.1) is 0 Å². The molecule has 0 saturated carbocycles. The number of anilines is 2. The van der Waals surface area contributed by atoms with Crippen LogP contribution in [0.4, 0.5) is 15.9 Å². The Hall–Kier alpha value is -1.95. The van der Waals surface area contributed by atoms with Crippen molar-refractivity contribution in [3.05, 3.63) is 51.9 Å². The van der Waals surface area contributed by atoms with Crippen LogP contribution in [0.2, 0.25) is 0 Å². The molecule has 2 rings (SSSR count). The van der Waals surface area contributed by atoms with E-state index in [-0.39, 0.29) is 11.7 Å². The lowest BCUT2D eigenvalue weighted by Crippen LogP contribution is -2.13. The Bertz CT molecular complexity index is 661. The number of aromatic nitrogens is 1. The fourth-order valence-corrected chi connectivity index (χ4v) is 2.03. The van der Waals surface area contributed by atoms with Crippen LogP contribution in [0.3, 0.4) is 0 Å². The second kappa shape index (κ2) is 6.00. The van der Waals surface area contributed by atoms with Crippen molar-refractivity contribution < 1.29 is 9.18 Å². The van der Waals surface area contributed by atoms with Gasteiger partial charge in [0.15, 0.2) is 0 Å². The second-order valence-corrected chi connectivity index (χ2v) is 5.07. The van der Waals surface area contributed by atoms with Gasteiger partial charge in [-0.3, -0.25) is 4.79 Å². The average molecular weight is 338 g/mol. The van der Waals surface area contributed by atoms with Gasteiger partial charge in [0.2, 0.25) is 0 Å². The summed E-state index contributed by atoms with van der Waals surface area (Å²) in [5.74, 6) is -0.0259. The summed E-state index contributed by atoms with van der Waals surface area (Å²) >= 11 is 3.10. The summed E-state index contributed by atoms with van der Waals surface area (Å²) in [4.78, 5) is 16.2. The molecular weight excluding hydrogens is 325 g/mol. The van der Waals surface area contributed by atoms with Crippen LogP contribution >= 0.6 is 15.9 Å². The Kier molecular flexibility index (Phi) is 4.34. The molecular formula is C14H13BrFN3O. The van der Waals surface area contributed by atoms with Crippen LogP contribution in [-0.4, -0.2) is 17.9 Å². The van der Waals surface area contributed by atoms with E-state index >= 15 is 0 Å². The first-order chi connectivity index (χ1) is 9.51. The fourth-order valence-electron chi connectivity index (χ4n) is 1.68. The maximum absolute atomic E-state index is 13.3. The molecule has 2 aromatic rings. The summed E-state index contributed by atoms with van der Waals surface area (Å²) in [5.41, 5.74) is 1.69. The van der Waals surface area contributed by atoms with Gasteiger partial charge in [0.05, 0.1) is 4.47 Å². The summed E-state index contributed by atoms with van der Waals surface area (Å²) in [6, 6.07) is 6.17. The van der Waals surface area contributed by atoms with E-state index in [1.807, 2.05) is 0 Å². The zero-order chi connectivity index (χ0) is 14.7. The summed E-state index contributed by atoms with van der Waals surface area (Å²) in [6.45, 7) is 1.73. The maximum Gasteiger partial charge on any atom is 0.255 e. The van der Waals surface area contributed by atoms with Crippen molar-refractivity contribution in [1.82, 2.24) is 4.98 Å². The highest BCUT2D eigenvalue weighted by molar-refractivity contribution is 9.10. The van der Waals surface area contributed by atoms with Crippen molar-refractivity contribution in [1.29, 1.82) is 0 Å². The van der Waals surface area contributed by atoms with Crippen molar-refractivity contribution in [2.24, 2.45) is 0 Å². The normalized spacial score (nSPS) is 10.2. The highest BCUT2D eigenvalue weighted by Gasteiger charge is 2.11. The highest BCUT2D eigenvalue weighted by Crippen LogP contribution is 2.24. The average Bonchev–Trinajstić information content (AvgIpc) is 2.44. The number of nitrogens with zero attached hydrogens (tertiary/aromatic N) is 1. The van der Waals surface area contributed by atoms with E-state index in [0.717, 1.165) is 0 Å². The molecule has 4 nitrogen and oxygen atoms in total. The molecule has 20 heavy (non-hydrogen) atoms. The van der Waals surface area contributed by atoms with Crippen LogP contribution in [0, 0.1) is 12.7 Å². The molecule has 0 fully saturated rings. The third kappa shape index (κ3) is 3.14. The van der Waals surface area contributed by atoms with Crippen LogP contribution in [0.15, 0.2) is 34.9 Å². The maximum atomic E-state index is 13.3. The monoisotopic (exact) mass is 337 g/mol. The van der Waals surface area contributed by atoms with Gasteiger partial charge in [-0.25, -0.2) is 9.37 Å². The minimum absolute atomic E-state index is 0.273. The topological polar surface area (TPSA) is 54.0 Å². The van der Waals surface area contributed by atoms with E-state index in [1.54, 1.807) is 38.4 Å².